The topological polar surface area (TPSA) is 45.8 Å². The maximum absolute atomic E-state index is 9.99. The molecule has 0 saturated heterocycles. The van der Waals surface area contributed by atoms with Crippen molar-refractivity contribution in [1.29, 1.82) is 0 Å². The maximum atomic E-state index is 9.99. The summed E-state index contributed by atoms with van der Waals surface area (Å²) in [7, 11) is 0. The summed E-state index contributed by atoms with van der Waals surface area (Å²) in [5, 5.41) is 9.99. The standard InChI is InChI=1S/C19H25NO3/c1-2-9-20(10-12-23-17-8-11-22-14-17)16-6-7-18-15(13-16)4-3-5-19(18)21/h3-5,8,11,14,16,21H,2,6-7,9-10,12-13H2,1H3. The predicted octanol–water partition coefficient (Wildman–Crippen LogP) is 3.63. The Hall–Kier alpha value is -1.94. The summed E-state index contributed by atoms with van der Waals surface area (Å²) >= 11 is 0. The Morgan fingerprint density at radius 1 is 1.30 bits per heavy atom. The molecule has 1 atom stereocenters. The summed E-state index contributed by atoms with van der Waals surface area (Å²) in [5.74, 6) is 1.24. The van der Waals surface area contributed by atoms with Gasteiger partial charge in [-0.3, -0.25) is 4.90 Å². The number of rotatable bonds is 7. The van der Waals surface area contributed by atoms with Crippen LogP contribution in [0, 0.1) is 0 Å². The van der Waals surface area contributed by atoms with Crippen LogP contribution in [-0.2, 0) is 12.8 Å². The molecule has 1 unspecified atom stereocenters. The lowest BCUT2D eigenvalue weighted by Gasteiger charge is -2.35. The van der Waals surface area contributed by atoms with E-state index in [0.717, 1.165) is 50.1 Å². The van der Waals surface area contributed by atoms with Gasteiger partial charge in [-0.1, -0.05) is 19.1 Å². The number of hydrogen-bond donors (Lipinski definition) is 1. The van der Waals surface area contributed by atoms with Crippen molar-refractivity contribution < 1.29 is 14.3 Å². The van der Waals surface area contributed by atoms with Crippen LogP contribution >= 0.6 is 0 Å². The summed E-state index contributed by atoms with van der Waals surface area (Å²) in [4.78, 5) is 2.52. The lowest BCUT2D eigenvalue weighted by atomic mass is 9.87. The number of benzene rings is 1. The lowest BCUT2D eigenvalue weighted by Crippen LogP contribution is -2.42. The van der Waals surface area contributed by atoms with Crippen LogP contribution in [0.5, 0.6) is 11.5 Å². The summed E-state index contributed by atoms with van der Waals surface area (Å²) in [6.45, 7) is 4.88. The molecule has 0 amide bonds. The molecular formula is C19H25NO3. The molecule has 1 aliphatic carbocycles. The smallest absolute Gasteiger partial charge is 0.157 e. The number of furan rings is 1. The predicted molar refractivity (Wildman–Crippen MR) is 90.0 cm³/mol. The fourth-order valence-electron chi connectivity index (χ4n) is 3.46. The second-order valence-electron chi connectivity index (χ2n) is 6.15. The van der Waals surface area contributed by atoms with Crippen LogP contribution in [0.25, 0.3) is 0 Å². The Morgan fingerprint density at radius 2 is 2.22 bits per heavy atom. The van der Waals surface area contributed by atoms with E-state index in [9.17, 15) is 5.11 Å². The van der Waals surface area contributed by atoms with E-state index in [1.807, 2.05) is 12.1 Å². The molecule has 0 spiro atoms. The van der Waals surface area contributed by atoms with E-state index >= 15 is 0 Å². The molecule has 0 fully saturated rings. The van der Waals surface area contributed by atoms with Crippen molar-refractivity contribution in [3.63, 3.8) is 0 Å². The zero-order chi connectivity index (χ0) is 16.1. The van der Waals surface area contributed by atoms with Crippen molar-refractivity contribution in [2.75, 3.05) is 19.7 Å². The number of phenolic OH excluding ortho intramolecular Hbond substituents is 1. The van der Waals surface area contributed by atoms with E-state index in [1.54, 1.807) is 18.6 Å². The Morgan fingerprint density at radius 3 is 3.00 bits per heavy atom. The summed E-state index contributed by atoms with van der Waals surface area (Å²) in [6, 6.07) is 8.25. The zero-order valence-corrected chi connectivity index (χ0v) is 13.7. The highest BCUT2D eigenvalue weighted by atomic mass is 16.5. The maximum Gasteiger partial charge on any atom is 0.157 e. The number of hydrogen-bond acceptors (Lipinski definition) is 4. The monoisotopic (exact) mass is 315 g/mol. The third kappa shape index (κ3) is 3.88. The first-order valence-corrected chi connectivity index (χ1v) is 8.46. The zero-order valence-electron chi connectivity index (χ0n) is 13.7. The minimum atomic E-state index is 0.450. The van der Waals surface area contributed by atoms with E-state index in [4.69, 9.17) is 9.15 Å². The van der Waals surface area contributed by atoms with Gasteiger partial charge < -0.3 is 14.3 Å². The van der Waals surface area contributed by atoms with Gasteiger partial charge >= 0.3 is 0 Å². The Labute approximate surface area is 137 Å². The first kappa shape index (κ1) is 15.9. The molecule has 4 nitrogen and oxygen atoms in total. The van der Waals surface area contributed by atoms with Crippen molar-refractivity contribution in [3.8, 4) is 11.5 Å². The van der Waals surface area contributed by atoms with E-state index < -0.39 is 0 Å². The van der Waals surface area contributed by atoms with Gasteiger partial charge in [-0.2, -0.15) is 0 Å². The average molecular weight is 315 g/mol. The molecule has 1 aromatic heterocycles. The highest BCUT2D eigenvalue weighted by Gasteiger charge is 2.25. The third-order valence-corrected chi connectivity index (χ3v) is 4.60. The van der Waals surface area contributed by atoms with Crippen molar-refractivity contribution in [2.24, 2.45) is 0 Å². The van der Waals surface area contributed by atoms with Crippen LogP contribution in [0.3, 0.4) is 0 Å². The molecule has 124 valence electrons. The van der Waals surface area contributed by atoms with Crippen LogP contribution in [-0.4, -0.2) is 35.7 Å². The molecule has 0 bridgehead atoms. The second kappa shape index (κ2) is 7.55. The molecular weight excluding hydrogens is 290 g/mol. The summed E-state index contributed by atoms with van der Waals surface area (Å²) in [5.41, 5.74) is 2.42. The number of nitrogens with zero attached hydrogens (tertiary/aromatic N) is 1. The molecule has 1 heterocycles. The van der Waals surface area contributed by atoms with Gasteiger partial charge in [0.15, 0.2) is 5.75 Å². The number of fused-ring (bicyclic) bond motifs is 1. The van der Waals surface area contributed by atoms with Gasteiger partial charge in [0.2, 0.25) is 0 Å². The first-order valence-electron chi connectivity index (χ1n) is 8.46. The quantitative estimate of drug-likeness (QED) is 0.847. The van der Waals surface area contributed by atoms with E-state index in [-0.39, 0.29) is 0 Å². The minimum Gasteiger partial charge on any atom is -0.508 e. The van der Waals surface area contributed by atoms with Gasteiger partial charge in [0.1, 0.15) is 18.6 Å². The molecule has 1 aromatic carbocycles. The van der Waals surface area contributed by atoms with Gasteiger partial charge in [-0.05, 0) is 49.4 Å². The van der Waals surface area contributed by atoms with Crippen molar-refractivity contribution in [3.05, 3.63) is 47.9 Å². The molecule has 0 radical (unpaired) electrons. The molecule has 2 aromatic rings. The molecule has 0 saturated carbocycles. The number of aromatic hydroxyl groups is 1. The normalized spacial score (nSPS) is 17.2. The van der Waals surface area contributed by atoms with Gasteiger partial charge in [0, 0.05) is 18.7 Å². The summed E-state index contributed by atoms with van der Waals surface area (Å²) < 4.78 is 10.8. The van der Waals surface area contributed by atoms with Crippen molar-refractivity contribution >= 4 is 0 Å². The Balaban J connectivity index is 1.60. The molecule has 0 aliphatic heterocycles. The fraction of sp³-hybridized carbons (Fsp3) is 0.474. The lowest BCUT2D eigenvalue weighted by molar-refractivity contribution is 0.147. The van der Waals surface area contributed by atoms with Crippen LogP contribution < -0.4 is 4.74 Å². The third-order valence-electron chi connectivity index (χ3n) is 4.60. The molecule has 1 aliphatic rings. The molecule has 23 heavy (non-hydrogen) atoms. The largest absolute Gasteiger partial charge is 0.508 e. The van der Waals surface area contributed by atoms with Gasteiger partial charge in [0.25, 0.3) is 0 Å². The number of ether oxygens (including phenoxy) is 1. The van der Waals surface area contributed by atoms with Crippen molar-refractivity contribution in [2.45, 2.75) is 38.6 Å². The Kier molecular flexibility index (Phi) is 5.23. The highest BCUT2D eigenvalue weighted by molar-refractivity contribution is 5.41. The van der Waals surface area contributed by atoms with Gasteiger partial charge in [0.05, 0.1) is 6.26 Å². The second-order valence-corrected chi connectivity index (χ2v) is 6.15. The average Bonchev–Trinajstić information content (AvgIpc) is 3.07. The van der Waals surface area contributed by atoms with Crippen LogP contribution in [0.4, 0.5) is 0 Å². The van der Waals surface area contributed by atoms with Crippen LogP contribution in [0.15, 0.2) is 41.2 Å². The summed E-state index contributed by atoms with van der Waals surface area (Å²) in [6.07, 6.45) is 7.45. The molecule has 1 N–H and O–H groups in total. The minimum absolute atomic E-state index is 0.450. The Bertz CT molecular complexity index is 609. The van der Waals surface area contributed by atoms with Gasteiger partial charge in [-0.15, -0.1) is 0 Å². The van der Waals surface area contributed by atoms with Crippen LogP contribution in [0.2, 0.25) is 0 Å². The van der Waals surface area contributed by atoms with E-state index in [2.05, 4.69) is 17.9 Å². The van der Waals surface area contributed by atoms with Gasteiger partial charge in [-0.25, -0.2) is 0 Å². The highest BCUT2D eigenvalue weighted by Crippen LogP contribution is 2.30. The van der Waals surface area contributed by atoms with E-state index in [0.29, 0.717) is 18.4 Å². The first-order chi connectivity index (χ1) is 11.3. The molecule has 4 heteroatoms. The number of phenols is 1. The molecule has 3 rings (SSSR count). The fourth-order valence-corrected chi connectivity index (χ4v) is 3.46. The SMILES string of the molecule is CCCN(CCOc1ccoc1)C1CCc2c(O)cccc2C1. The van der Waals surface area contributed by atoms with Crippen LogP contribution in [0.1, 0.15) is 30.9 Å². The van der Waals surface area contributed by atoms with Crippen molar-refractivity contribution in [1.82, 2.24) is 4.90 Å². The van der Waals surface area contributed by atoms with E-state index in [1.165, 1.54) is 5.56 Å².